The van der Waals surface area contributed by atoms with Gasteiger partial charge in [-0.1, -0.05) is 25.1 Å². The van der Waals surface area contributed by atoms with Gasteiger partial charge in [0.15, 0.2) is 0 Å². The molecule has 1 saturated heterocycles. The van der Waals surface area contributed by atoms with Crippen LogP contribution in [0, 0.1) is 0 Å². The molecule has 1 fully saturated rings. The molecular weight excluding hydrogens is 212 g/mol. The maximum absolute atomic E-state index is 12.0. The number of benzene rings is 1. The number of nitrogens with zero attached hydrogens (tertiary/aromatic N) is 1. The predicted octanol–water partition coefficient (Wildman–Crippen LogP) is 1.90. The quantitative estimate of drug-likeness (QED) is 0.863. The number of hydrogen-bond donors (Lipinski definition) is 1. The Hall–Kier alpha value is -1.35. The van der Waals surface area contributed by atoms with Crippen molar-refractivity contribution in [3.63, 3.8) is 0 Å². The van der Waals surface area contributed by atoms with Crippen LogP contribution in [0.2, 0.25) is 0 Å². The summed E-state index contributed by atoms with van der Waals surface area (Å²) in [5.74, 6) is 0.0496. The fourth-order valence-corrected chi connectivity index (χ4v) is 2.32. The monoisotopic (exact) mass is 232 g/mol. The summed E-state index contributed by atoms with van der Waals surface area (Å²) in [6, 6.07) is 9.74. The zero-order valence-electron chi connectivity index (χ0n) is 10.4. The van der Waals surface area contributed by atoms with Gasteiger partial charge in [-0.2, -0.15) is 0 Å². The van der Waals surface area contributed by atoms with E-state index in [-0.39, 0.29) is 5.91 Å². The van der Waals surface area contributed by atoms with Gasteiger partial charge in [0.2, 0.25) is 0 Å². The third-order valence-electron chi connectivity index (χ3n) is 3.32. The minimum atomic E-state index is 0.0496. The highest BCUT2D eigenvalue weighted by molar-refractivity contribution is 5.94. The van der Waals surface area contributed by atoms with Gasteiger partial charge in [0.25, 0.3) is 5.91 Å². The van der Waals surface area contributed by atoms with Gasteiger partial charge in [-0.3, -0.25) is 4.79 Å². The molecule has 92 valence electrons. The Labute approximate surface area is 103 Å². The van der Waals surface area contributed by atoms with Crippen molar-refractivity contribution in [3.05, 3.63) is 35.9 Å². The van der Waals surface area contributed by atoms with Crippen LogP contribution < -0.4 is 5.32 Å². The van der Waals surface area contributed by atoms with Gasteiger partial charge in [0, 0.05) is 18.2 Å². The molecule has 0 saturated carbocycles. The summed E-state index contributed by atoms with van der Waals surface area (Å²) in [5, 5.41) is 3.12. The van der Waals surface area contributed by atoms with Crippen LogP contribution in [0.25, 0.3) is 0 Å². The molecule has 1 heterocycles. The second-order valence-electron chi connectivity index (χ2n) is 4.57. The summed E-state index contributed by atoms with van der Waals surface area (Å²) < 4.78 is 0. The van der Waals surface area contributed by atoms with E-state index < -0.39 is 0 Å². The van der Waals surface area contributed by atoms with Gasteiger partial charge in [-0.25, -0.2) is 0 Å². The van der Waals surface area contributed by atoms with Crippen LogP contribution in [-0.4, -0.2) is 36.5 Å². The summed E-state index contributed by atoms with van der Waals surface area (Å²) in [7, 11) is 0. The van der Waals surface area contributed by atoms with Crippen LogP contribution in [0.5, 0.6) is 0 Å². The van der Waals surface area contributed by atoms with Crippen molar-refractivity contribution < 1.29 is 4.79 Å². The number of likely N-dealkylation sites (tertiary alicyclic amines) is 1. The molecule has 1 aliphatic rings. The number of likely N-dealkylation sites (N-methyl/N-ethyl adjacent to an activating group) is 1. The molecule has 1 atom stereocenters. The van der Waals surface area contributed by atoms with Crippen LogP contribution in [-0.2, 0) is 0 Å². The third kappa shape index (κ3) is 3.30. The Morgan fingerprint density at radius 3 is 2.88 bits per heavy atom. The van der Waals surface area contributed by atoms with Gasteiger partial charge < -0.3 is 10.2 Å². The SMILES string of the molecule is CCN1CCCC(NC(=O)c2ccccc2)C1. The van der Waals surface area contributed by atoms with E-state index in [2.05, 4.69) is 17.1 Å². The highest BCUT2D eigenvalue weighted by Crippen LogP contribution is 2.10. The second kappa shape index (κ2) is 5.82. The van der Waals surface area contributed by atoms with E-state index in [0.717, 1.165) is 31.6 Å². The average Bonchev–Trinajstić information content (AvgIpc) is 2.40. The molecule has 1 unspecified atom stereocenters. The average molecular weight is 232 g/mol. The minimum Gasteiger partial charge on any atom is -0.348 e. The van der Waals surface area contributed by atoms with E-state index in [0.29, 0.717) is 6.04 Å². The van der Waals surface area contributed by atoms with Crippen molar-refractivity contribution in [1.29, 1.82) is 0 Å². The van der Waals surface area contributed by atoms with Crippen LogP contribution in [0.15, 0.2) is 30.3 Å². The van der Waals surface area contributed by atoms with Crippen molar-refractivity contribution in [1.82, 2.24) is 10.2 Å². The van der Waals surface area contributed by atoms with Gasteiger partial charge in [0.05, 0.1) is 0 Å². The molecule has 0 aliphatic carbocycles. The first-order valence-corrected chi connectivity index (χ1v) is 6.38. The lowest BCUT2D eigenvalue weighted by Crippen LogP contribution is -2.47. The molecule has 1 aliphatic heterocycles. The van der Waals surface area contributed by atoms with Gasteiger partial charge in [-0.15, -0.1) is 0 Å². The highest BCUT2D eigenvalue weighted by atomic mass is 16.1. The van der Waals surface area contributed by atoms with E-state index in [1.807, 2.05) is 30.3 Å². The van der Waals surface area contributed by atoms with Crippen LogP contribution >= 0.6 is 0 Å². The molecule has 1 N–H and O–H groups in total. The lowest BCUT2D eigenvalue weighted by Gasteiger charge is -2.32. The zero-order chi connectivity index (χ0) is 12.1. The van der Waals surface area contributed by atoms with E-state index >= 15 is 0 Å². The Balaban J connectivity index is 1.90. The fourth-order valence-electron chi connectivity index (χ4n) is 2.32. The molecular formula is C14H20N2O. The fraction of sp³-hybridized carbons (Fsp3) is 0.500. The number of carbonyl (C=O) groups excluding carboxylic acids is 1. The molecule has 1 aromatic rings. The first-order valence-electron chi connectivity index (χ1n) is 6.38. The van der Waals surface area contributed by atoms with Crippen molar-refractivity contribution in [2.75, 3.05) is 19.6 Å². The second-order valence-corrected chi connectivity index (χ2v) is 4.57. The highest BCUT2D eigenvalue weighted by Gasteiger charge is 2.20. The maximum Gasteiger partial charge on any atom is 0.251 e. The summed E-state index contributed by atoms with van der Waals surface area (Å²) in [4.78, 5) is 14.4. The minimum absolute atomic E-state index is 0.0496. The number of carbonyl (C=O) groups is 1. The van der Waals surface area contributed by atoms with E-state index in [1.54, 1.807) is 0 Å². The Morgan fingerprint density at radius 2 is 2.18 bits per heavy atom. The van der Waals surface area contributed by atoms with Crippen molar-refractivity contribution in [2.45, 2.75) is 25.8 Å². The van der Waals surface area contributed by atoms with E-state index in [1.165, 1.54) is 6.42 Å². The van der Waals surface area contributed by atoms with Crippen molar-refractivity contribution in [3.8, 4) is 0 Å². The van der Waals surface area contributed by atoms with Crippen LogP contribution in [0.4, 0.5) is 0 Å². The van der Waals surface area contributed by atoms with Gasteiger partial charge in [-0.05, 0) is 38.1 Å². The molecule has 17 heavy (non-hydrogen) atoms. The van der Waals surface area contributed by atoms with E-state index in [4.69, 9.17) is 0 Å². The molecule has 1 amide bonds. The molecule has 3 nitrogen and oxygen atoms in total. The van der Waals surface area contributed by atoms with Crippen LogP contribution in [0.1, 0.15) is 30.1 Å². The molecule has 2 rings (SSSR count). The summed E-state index contributed by atoms with van der Waals surface area (Å²) >= 11 is 0. The summed E-state index contributed by atoms with van der Waals surface area (Å²) in [5.41, 5.74) is 0.751. The maximum atomic E-state index is 12.0. The van der Waals surface area contributed by atoms with Gasteiger partial charge >= 0.3 is 0 Å². The molecule has 1 aromatic carbocycles. The van der Waals surface area contributed by atoms with E-state index in [9.17, 15) is 4.79 Å². The molecule has 0 aromatic heterocycles. The predicted molar refractivity (Wildman–Crippen MR) is 69.0 cm³/mol. The normalized spacial score (nSPS) is 21.1. The van der Waals surface area contributed by atoms with Crippen LogP contribution in [0.3, 0.4) is 0 Å². The first kappa shape index (κ1) is 12.1. The Kier molecular flexibility index (Phi) is 4.15. The third-order valence-corrected chi connectivity index (χ3v) is 3.32. The summed E-state index contributed by atoms with van der Waals surface area (Å²) in [6.07, 6.45) is 2.27. The number of rotatable bonds is 3. The largest absolute Gasteiger partial charge is 0.348 e. The molecule has 0 bridgehead atoms. The summed E-state index contributed by atoms with van der Waals surface area (Å²) in [6.45, 7) is 5.38. The molecule has 0 spiro atoms. The van der Waals surface area contributed by atoms with Crippen molar-refractivity contribution in [2.24, 2.45) is 0 Å². The van der Waals surface area contributed by atoms with Gasteiger partial charge in [0.1, 0.15) is 0 Å². The number of nitrogens with one attached hydrogen (secondary N) is 1. The molecule has 3 heteroatoms. The standard InChI is InChI=1S/C14H20N2O/c1-2-16-10-6-9-13(11-16)15-14(17)12-7-4-3-5-8-12/h3-5,7-8,13H,2,6,9-11H2,1H3,(H,15,17). The Morgan fingerprint density at radius 1 is 1.41 bits per heavy atom. The van der Waals surface area contributed by atoms with Crippen molar-refractivity contribution >= 4 is 5.91 Å². The smallest absolute Gasteiger partial charge is 0.251 e. The Bertz CT molecular complexity index is 364. The number of hydrogen-bond acceptors (Lipinski definition) is 2. The molecule has 0 radical (unpaired) electrons. The topological polar surface area (TPSA) is 32.3 Å². The first-order chi connectivity index (χ1) is 8.29. The number of piperidine rings is 1. The lowest BCUT2D eigenvalue weighted by atomic mass is 10.1. The number of amides is 1. The lowest BCUT2D eigenvalue weighted by molar-refractivity contribution is 0.0906. The zero-order valence-corrected chi connectivity index (χ0v) is 10.4.